The molecule has 1 aromatic rings. The second-order valence-electron chi connectivity index (χ2n) is 5.56. The molecule has 0 radical (unpaired) electrons. The van der Waals surface area contributed by atoms with Gasteiger partial charge in [0.25, 0.3) is 0 Å². The Morgan fingerprint density at radius 1 is 1.45 bits per heavy atom. The summed E-state index contributed by atoms with van der Waals surface area (Å²) in [6.07, 6.45) is 4.51. The van der Waals surface area contributed by atoms with Crippen LogP contribution < -0.4 is 5.32 Å². The molecule has 0 spiro atoms. The molecule has 2 atom stereocenters. The Labute approximate surface area is 122 Å². The number of aromatic nitrogens is 2. The zero-order chi connectivity index (χ0) is 14.4. The molecule has 2 heterocycles. The Bertz CT molecular complexity index is 391. The van der Waals surface area contributed by atoms with Gasteiger partial charge in [0.2, 0.25) is 0 Å². The summed E-state index contributed by atoms with van der Waals surface area (Å²) in [6, 6.07) is 2.28. The van der Waals surface area contributed by atoms with Crippen LogP contribution in [0.25, 0.3) is 0 Å². The molecule has 2 unspecified atom stereocenters. The first kappa shape index (κ1) is 15.5. The minimum Gasteiger partial charge on any atom is -0.374 e. The summed E-state index contributed by atoms with van der Waals surface area (Å²) >= 11 is 0. The summed E-state index contributed by atoms with van der Waals surface area (Å²) in [5.74, 6) is 0. The lowest BCUT2D eigenvalue weighted by Gasteiger charge is -2.36. The highest BCUT2D eigenvalue weighted by Gasteiger charge is 2.30. The molecule has 1 aromatic heterocycles. The number of hydrogen-bond donors (Lipinski definition) is 1. The third-order valence-electron chi connectivity index (χ3n) is 3.76. The standard InChI is InChI=1S/C15H28N4O/c1-4-7-16-15(13-6-9-18(3)17-13)14-12-19(8-5-2)10-11-20-14/h6,9,14-16H,4-5,7-8,10-12H2,1-3H3. The van der Waals surface area contributed by atoms with Crippen LogP contribution in [0.1, 0.15) is 38.4 Å². The van der Waals surface area contributed by atoms with Gasteiger partial charge in [0, 0.05) is 26.3 Å². The first-order valence-corrected chi connectivity index (χ1v) is 7.81. The summed E-state index contributed by atoms with van der Waals surface area (Å²) in [5.41, 5.74) is 1.09. The van der Waals surface area contributed by atoms with Crippen LogP contribution in [0.4, 0.5) is 0 Å². The van der Waals surface area contributed by atoms with E-state index in [9.17, 15) is 0 Å². The maximum absolute atomic E-state index is 6.02. The van der Waals surface area contributed by atoms with Crippen LogP contribution in [-0.4, -0.2) is 53.6 Å². The molecule has 114 valence electrons. The normalized spacial score (nSPS) is 22.1. The fourth-order valence-electron chi connectivity index (χ4n) is 2.78. The quantitative estimate of drug-likeness (QED) is 0.823. The largest absolute Gasteiger partial charge is 0.374 e. The molecule has 0 saturated carbocycles. The molecule has 1 N–H and O–H groups in total. The minimum absolute atomic E-state index is 0.191. The summed E-state index contributed by atoms with van der Waals surface area (Å²) in [4.78, 5) is 2.50. The molecule has 1 aliphatic heterocycles. The lowest BCUT2D eigenvalue weighted by atomic mass is 10.1. The first-order valence-electron chi connectivity index (χ1n) is 7.81. The van der Waals surface area contributed by atoms with E-state index < -0.39 is 0 Å². The second-order valence-corrected chi connectivity index (χ2v) is 5.56. The van der Waals surface area contributed by atoms with E-state index in [0.29, 0.717) is 0 Å². The smallest absolute Gasteiger partial charge is 0.0913 e. The van der Waals surface area contributed by atoms with Crippen molar-refractivity contribution in [3.8, 4) is 0 Å². The summed E-state index contributed by atoms with van der Waals surface area (Å²) < 4.78 is 7.89. The van der Waals surface area contributed by atoms with Gasteiger partial charge < -0.3 is 10.1 Å². The number of aryl methyl sites for hydroxylation is 1. The van der Waals surface area contributed by atoms with E-state index in [0.717, 1.165) is 44.9 Å². The minimum atomic E-state index is 0.191. The Kier molecular flexibility index (Phi) is 6.01. The zero-order valence-electron chi connectivity index (χ0n) is 13.0. The third-order valence-corrected chi connectivity index (χ3v) is 3.76. The molecule has 5 heteroatoms. The molecular formula is C15H28N4O. The van der Waals surface area contributed by atoms with Crippen LogP contribution >= 0.6 is 0 Å². The Balaban J connectivity index is 2.05. The maximum atomic E-state index is 6.02. The molecule has 0 aliphatic carbocycles. The predicted octanol–water partition coefficient (Wildman–Crippen LogP) is 1.57. The highest BCUT2D eigenvalue weighted by atomic mass is 16.5. The van der Waals surface area contributed by atoms with Crippen molar-refractivity contribution in [1.29, 1.82) is 0 Å². The number of rotatable bonds is 7. The summed E-state index contributed by atoms with van der Waals surface area (Å²) in [7, 11) is 1.96. The summed E-state index contributed by atoms with van der Waals surface area (Å²) in [5, 5.41) is 8.17. The fraction of sp³-hybridized carbons (Fsp3) is 0.800. The molecule has 0 bridgehead atoms. The van der Waals surface area contributed by atoms with Crippen molar-refractivity contribution in [1.82, 2.24) is 20.0 Å². The first-order chi connectivity index (χ1) is 9.74. The summed E-state index contributed by atoms with van der Waals surface area (Å²) in [6.45, 7) is 9.43. The highest BCUT2D eigenvalue weighted by Crippen LogP contribution is 2.21. The molecule has 20 heavy (non-hydrogen) atoms. The molecule has 5 nitrogen and oxygen atoms in total. The van der Waals surface area contributed by atoms with Crippen LogP contribution in [0.15, 0.2) is 12.3 Å². The maximum Gasteiger partial charge on any atom is 0.0913 e. The van der Waals surface area contributed by atoms with Crippen LogP contribution in [0.5, 0.6) is 0 Å². The van der Waals surface area contributed by atoms with Gasteiger partial charge >= 0.3 is 0 Å². The van der Waals surface area contributed by atoms with Crippen molar-refractivity contribution in [3.05, 3.63) is 18.0 Å². The molecule has 1 saturated heterocycles. The fourth-order valence-corrected chi connectivity index (χ4v) is 2.78. The number of nitrogens with zero attached hydrogens (tertiary/aromatic N) is 3. The molecule has 0 amide bonds. The van der Waals surface area contributed by atoms with Crippen LogP contribution in [0.3, 0.4) is 0 Å². The zero-order valence-corrected chi connectivity index (χ0v) is 13.0. The lowest BCUT2D eigenvalue weighted by Crippen LogP contribution is -2.48. The number of hydrogen-bond acceptors (Lipinski definition) is 4. The Morgan fingerprint density at radius 2 is 2.30 bits per heavy atom. The lowest BCUT2D eigenvalue weighted by molar-refractivity contribution is -0.0477. The van der Waals surface area contributed by atoms with Gasteiger partial charge in [-0.2, -0.15) is 5.10 Å². The van der Waals surface area contributed by atoms with Gasteiger partial charge in [0.1, 0.15) is 0 Å². The monoisotopic (exact) mass is 280 g/mol. The van der Waals surface area contributed by atoms with Gasteiger partial charge in [0.05, 0.1) is 24.4 Å². The number of nitrogens with one attached hydrogen (secondary N) is 1. The average Bonchev–Trinajstić information content (AvgIpc) is 2.87. The molecular weight excluding hydrogens is 252 g/mol. The van der Waals surface area contributed by atoms with E-state index in [1.54, 1.807) is 0 Å². The van der Waals surface area contributed by atoms with Gasteiger partial charge in [0.15, 0.2) is 0 Å². The van der Waals surface area contributed by atoms with Gasteiger partial charge in [-0.05, 0) is 32.0 Å². The van der Waals surface area contributed by atoms with E-state index in [1.807, 2.05) is 17.9 Å². The van der Waals surface area contributed by atoms with Crippen molar-refractivity contribution < 1.29 is 4.74 Å². The van der Waals surface area contributed by atoms with Crippen molar-refractivity contribution in [2.45, 2.75) is 38.8 Å². The van der Waals surface area contributed by atoms with Crippen molar-refractivity contribution in [3.63, 3.8) is 0 Å². The highest BCUT2D eigenvalue weighted by molar-refractivity contribution is 5.08. The number of morpholine rings is 1. The number of ether oxygens (including phenoxy) is 1. The van der Waals surface area contributed by atoms with E-state index in [1.165, 1.54) is 6.42 Å². The van der Waals surface area contributed by atoms with Crippen LogP contribution in [0, 0.1) is 0 Å². The molecule has 1 fully saturated rings. The van der Waals surface area contributed by atoms with E-state index in [-0.39, 0.29) is 12.1 Å². The van der Waals surface area contributed by atoms with Crippen molar-refractivity contribution in [2.24, 2.45) is 7.05 Å². The average molecular weight is 280 g/mol. The van der Waals surface area contributed by atoms with Crippen molar-refractivity contribution in [2.75, 3.05) is 32.8 Å². The van der Waals surface area contributed by atoms with Gasteiger partial charge in [-0.25, -0.2) is 0 Å². The van der Waals surface area contributed by atoms with E-state index in [2.05, 4.69) is 35.2 Å². The van der Waals surface area contributed by atoms with Crippen LogP contribution in [0.2, 0.25) is 0 Å². The SMILES string of the molecule is CCCNC(c1ccn(C)n1)C1CN(CCC)CCO1. The Hall–Kier alpha value is -0.910. The molecule has 0 aromatic carbocycles. The predicted molar refractivity (Wildman–Crippen MR) is 80.7 cm³/mol. The third kappa shape index (κ3) is 4.04. The molecule has 1 aliphatic rings. The molecule has 2 rings (SSSR count). The van der Waals surface area contributed by atoms with E-state index >= 15 is 0 Å². The van der Waals surface area contributed by atoms with Gasteiger partial charge in [-0.15, -0.1) is 0 Å². The van der Waals surface area contributed by atoms with E-state index in [4.69, 9.17) is 4.74 Å². The van der Waals surface area contributed by atoms with Gasteiger partial charge in [-0.3, -0.25) is 9.58 Å². The second kappa shape index (κ2) is 7.76. The Morgan fingerprint density at radius 3 is 2.95 bits per heavy atom. The van der Waals surface area contributed by atoms with Crippen molar-refractivity contribution >= 4 is 0 Å². The van der Waals surface area contributed by atoms with Gasteiger partial charge in [-0.1, -0.05) is 13.8 Å². The van der Waals surface area contributed by atoms with Crippen LogP contribution in [-0.2, 0) is 11.8 Å². The topological polar surface area (TPSA) is 42.3 Å².